The quantitative estimate of drug-likeness (QED) is 0.749. The Kier molecular flexibility index (Phi) is 4.97. The Balaban J connectivity index is 2.40. The predicted molar refractivity (Wildman–Crippen MR) is 65.6 cm³/mol. The van der Waals surface area contributed by atoms with Gasteiger partial charge in [-0.1, -0.05) is 26.7 Å². The third-order valence-corrected chi connectivity index (χ3v) is 3.85. The number of carbonyl (C=O) groups is 2. The van der Waals surface area contributed by atoms with Crippen LogP contribution in [0.2, 0.25) is 0 Å². The van der Waals surface area contributed by atoms with E-state index in [9.17, 15) is 9.59 Å². The fraction of sp³-hybridized carbons (Fsp3) is 0.846. The van der Waals surface area contributed by atoms with Gasteiger partial charge in [0.2, 0.25) is 5.91 Å². The van der Waals surface area contributed by atoms with Crippen LogP contribution in [0.4, 0.5) is 0 Å². The first-order valence-corrected chi connectivity index (χ1v) is 6.50. The topological polar surface area (TPSA) is 66.4 Å². The second-order valence-electron chi connectivity index (χ2n) is 5.25. The van der Waals surface area contributed by atoms with Crippen LogP contribution in [0.25, 0.3) is 0 Å². The van der Waals surface area contributed by atoms with Gasteiger partial charge in [0.1, 0.15) is 0 Å². The van der Waals surface area contributed by atoms with Crippen LogP contribution in [0, 0.1) is 11.3 Å². The second-order valence-corrected chi connectivity index (χ2v) is 5.25. The summed E-state index contributed by atoms with van der Waals surface area (Å²) in [6.45, 7) is 4.38. The summed E-state index contributed by atoms with van der Waals surface area (Å²) in [5, 5.41) is 11.6. The van der Waals surface area contributed by atoms with Crippen molar-refractivity contribution < 1.29 is 14.7 Å². The molecular weight excluding hydrogens is 218 g/mol. The van der Waals surface area contributed by atoms with Gasteiger partial charge in [0.15, 0.2) is 0 Å². The number of carbonyl (C=O) groups excluding carboxylic acids is 1. The zero-order valence-electron chi connectivity index (χ0n) is 10.8. The molecule has 1 aliphatic rings. The van der Waals surface area contributed by atoms with E-state index < -0.39 is 5.97 Å². The Bertz CT molecular complexity index is 282. The zero-order valence-corrected chi connectivity index (χ0v) is 10.8. The Morgan fingerprint density at radius 2 is 1.94 bits per heavy atom. The van der Waals surface area contributed by atoms with Gasteiger partial charge in [-0.2, -0.15) is 0 Å². The minimum Gasteiger partial charge on any atom is -0.481 e. The summed E-state index contributed by atoms with van der Waals surface area (Å²) in [5.74, 6) is -0.695. The Morgan fingerprint density at radius 1 is 1.35 bits per heavy atom. The van der Waals surface area contributed by atoms with Crippen LogP contribution in [0.1, 0.15) is 52.4 Å². The first kappa shape index (κ1) is 14.0. The van der Waals surface area contributed by atoms with Crippen molar-refractivity contribution in [1.29, 1.82) is 0 Å². The zero-order chi connectivity index (χ0) is 12.9. The van der Waals surface area contributed by atoms with Crippen molar-refractivity contribution in [2.24, 2.45) is 11.3 Å². The van der Waals surface area contributed by atoms with Gasteiger partial charge in [0.05, 0.1) is 0 Å². The van der Waals surface area contributed by atoms with E-state index in [1.165, 1.54) is 0 Å². The molecule has 0 saturated heterocycles. The summed E-state index contributed by atoms with van der Waals surface area (Å²) < 4.78 is 0. The monoisotopic (exact) mass is 241 g/mol. The van der Waals surface area contributed by atoms with Crippen molar-refractivity contribution >= 4 is 11.9 Å². The maximum absolute atomic E-state index is 12.1. The standard InChI is InChI=1S/C13H23NO3/c1-3-13(6-4-5-7-13)12(17)14-9-10(2)8-11(15)16/h10H,3-9H2,1-2H3,(H,14,17)(H,15,16). The molecule has 0 aromatic rings. The number of carboxylic acid groups (broad SMARTS) is 1. The van der Waals surface area contributed by atoms with Gasteiger partial charge >= 0.3 is 5.97 Å². The van der Waals surface area contributed by atoms with E-state index in [1.807, 2.05) is 6.92 Å². The summed E-state index contributed by atoms with van der Waals surface area (Å²) in [4.78, 5) is 22.6. The lowest BCUT2D eigenvalue weighted by Gasteiger charge is -2.26. The molecule has 1 saturated carbocycles. The molecule has 0 bridgehead atoms. The van der Waals surface area contributed by atoms with Crippen LogP contribution in [0.3, 0.4) is 0 Å². The molecule has 1 unspecified atom stereocenters. The third kappa shape index (κ3) is 3.72. The maximum atomic E-state index is 12.1. The van der Waals surface area contributed by atoms with E-state index in [1.54, 1.807) is 0 Å². The van der Waals surface area contributed by atoms with Crippen molar-refractivity contribution in [2.45, 2.75) is 52.4 Å². The second kappa shape index (κ2) is 6.03. The van der Waals surface area contributed by atoms with Gasteiger partial charge in [-0.15, -0.1) is 0 Å². The minimum atomic E-state index is -0.808. The smallest absolute Gasteiger partial charge is 0.303 e. The Hall–Kier alpha value is -1.06. The molecule has 1 aliphatic carbocycles. The number of carboxylic acids is 1. The lowest BCUT2D eigenvalue weighted by Crippen LogP contribution is -2.40. The number of amides is 1. The molecule has 17 heavy (non-hydrogen) atoms. The SMILES string of the molecule is CCC1(C(=O)NCC(C)CC(=O)O)CCCC1. The van der Waals surface area contributed by atoms with Crippen molar-refractivity contribution in [3.05, 3.63) is 0 Å². The molecule has 0 aromatic heterocycles. The minimum absolute atomic E-state index is 0.00763. The molecule has 1 fully saturated rings. The van der Waals surface area contributed by atoms with E-state index in [2.05, 4.69) is 12.2 Å². The average molecular weight is 241 g/mol. The molecule has 1 rings (SSSR count). The fourth-order valence-electron chi connectivity index (χ4n) is 2.62. The van der Waals surface area contributed by atoms with E-state index in [4.69, 9.17) is 5.11 Å². The molecule has 0 heterocycles. The molecule has 0 spiro atoms. The molecule has 4 heteroatoms. The number of hydrogen-bond acceptors (Lipinski definition) is 2. The van der Waals surface area contributed by atoms with Crippen LogP contribution in [0.5, 0.6) is 0 Å². The van der Waals surface area contributed by atoms with Crippen molar-refractivity contribution in [2.75, 3.05) is 6.54 Å². The molecule has 2 N–H and O–H groups in total. The van der Waals surface area contributed by atoms with Gasteiger partial charge < -0.3 is 10.4 Å². The highest BCUT2D eigenvalue weighted by atomic mass is 16.4. The van der Waals surface area contributed by atoms with Gasteiger partial charge in [-0.3, -0.25) is 9.59 Å². The van der Waals surface area contributed by atoms with Gasteiger partial charge in [-0.25, -0.2) is 0 Å². The highest BCUT2D eigenvalue weighted by Crippen LogP contribution is 2.41. The van der Waals surface area contributed by atoms with E-state index in [0.717, 1.165) is 32.1 Å². The highest BCUT2D eigenvalue weighted by molar-refractivity contribution is 5.82. The maximum Gasteiger partial charge on any atom is 0.303 e. The van der Waals surface area contributed by atoms with Crippen molar-refractivity contribution in [3.63, 3.8) is 0 Å². The number of hydrogen-bond donors (Lipinski definition) is 2. The summed E-state index contributed by atoms with van der Waals surface area (Å²) >= 11 is 0. The summed E-state index contributed by atoms with van der Waals surface area (Å²) in [6.07, 6.45) is 5.20. The molecule has 1 amide bonds. The fourth-order valence-corrected chi connectivity index (χ4v) is 2.62. The van der Waals surface area contributed by atoms with Crippen LogP contribution in [0.15, 0.2) is 0 Å². The summed E-state index contributed by atoms with van der Waals surface area (Å²) in [5.41, 5.74) is -0.178. The normalized spacial score (nSPS) is 19.9. The number of nitrogens with one attached hydrogen (secondary N) is 1. The van der Waals surface area contributed by atoms with Gasteiger partial charge in [-0.05, 0) is 25.2 Å². The van der Waals surface area contributed by atoms with Crippen molar-refractivity contribution in [3.8, 4) is 0 Å². The largest absolute Gasteiger partial charge is 0.481 e. The van der Waals surface area contributed by atoms with E-state index in [-0.39, 0.29) is 23.7 Å². The average Bonchev–Trinajstić information content (AvgIpc) is 2.74. The van der Waals surface area contributed by atoms with Crippen LogP contribution in [-0.4, -0.2) is 23.5 Å². The molecule has 0 radical (unpaired) electrons. The Labute approximate surface area is 103 Å². The van der Waals surface area contributed by atoms with Gasteiger partial charge in [0.25, 0.3) is 0 Å². The predicted octanol–water partition coefficient (Wildman–Crippen LogP) is 2.18. The molecule has 4 nitrogen and oxygen atoms in total. The first-order chi connectivity index (χ1) is 8.00. The third-order valence-electron chi connectivity index (χ3n) is 3.85. The summed E-state index contributed by atoms with van der Waals surface area (Å²) in [7, 11) is 0. The molecule has 98 valence electrons. The van der Waals surface area contributed by atoms with E-state index >= 15 is 0 Å². The molecule has 1 atom stereocenters. The van der Waals surface area contributed by atoms with Crippen molar-refractivity contribution in [1.82, 2.24) is 5.32 Å². The van der Waals surface area contributed by atoms with Gasteiger partial charge in [0, 0.05) is 18.4 Å². The number of aliphatic carboxylic acids is 1. The molecule has 0 aliphatic heterocycles. The molecular formula is C13H23NO3. The number of rotatable bonds is 6. The van der Waals surface area contributed by atoms with Crippen LogP contribution >= 0.6 is 0 Å². The lowest BCUT2D eigenvalue weighted by molar-refractivity contribution is -0.138. The summed E-state index contributed by atoms with van der Waals surface area (Å²) in [6, 6.07) is 0. The Morgan fingerprint density at radius 3 is 2.41 bits per heavy atom. The van der Waals surface area contributed by atoms with Crippen LogP contribution < -0.4 is 5.32 Å². The highest BCUT2D eigenvalue weighted by Gasteiger charge is 2.39. The lowest BCUT2D eigenvalue weighted by atomic mass is 9.82. The molecule has 0 aromatic carbocycles. The van der Waals surface area contributed by atoms with Crippen LogP contribution in [-0.2, 0) is 9.59 Å². The first-order valence-electron chi connectivity index (χ1n) is 6.50. The van der Waals surface area contributed by atoms with E-state index in [0.29, 0.717) is 6.54 Å².